The molecule has 106 valence electrons. The largest absolute Gasteiger partial charge is 0.497 e. The van der Waals surface area contributed by atoms with Gasteiger partial charge in [0.1, 0.15) is 5.75 Å². The van der Waals surface area contributed by atoms with Gasteiger partial charge in [0.2, 0.25) is 0 Å². The summed E-state index contributed by atoms with van der Waals surface area (Å²) in [5.41, 5.74) is 2.26. The molecule has 0 spiro atoms. The van der Waals surface area contributed by atoms with Crippen molar-refractivity contribution in [1.82, 2.24) is 10.2 Å². The van der Waals surface area contributed by atoms with Crippen LogP contribution in [0.3, 0.4) is 0 Å². The number of anilines is 2. The van der Waals surface area contributed by atoms with E-state index in [4.69, 9.17) is 4.74 Å². The van der Waals surface area contributed by atoms with Gasteiger partial charge >= 0.3 is 0 Å². The van der Waals surface area contributed by atoms with Gasteiger partial charge in [0.05, 0.1) is 13.3 Å². The molecule has 4 nitrogen and oxygen atoms in total. The SMILES string of the molecule is COc1ccc(N(C)c2nncc3cc(C)ccc23)cc1. The molecule has 3 aromatic rings. The van der Waals surface area contributed by atoms with Crippen LogP contribution >= 0.6 is 0 Å². The number of hydrogen-bond acceptors (Lipinski definition) is 4. The fourth-order valence-corrected chi connectivity index (χ4v) is 2.37. The minimum atomic E-state index is 0.840. The number of methoxy groups -OCH3 is 1. The molecule has 21 heavy (non-hydrogen) atoms. The third-order valence-electron chi connectivity index (χ3n) is 3.57. The minimum Gasteiger partial charge on any atom is -0.497 e. The molecular weight excluding hydrogens is 262 g/mol. The highest BCUT2D eigenvalue weighted by Gasteiger charge is 2.10. The number of hydrogen-bond donors (Lipinski definition) is 0. The predicted octanol–water partition coefficient (Wildman–Crippen LogP) is 3.71. The summed E-state index contributed by atoms with van der Waals surface area (Å²) in [7, 11) is 3.66. The molecule has 0 radical (unpaired) electrons. The first-order valence-corrected chi connectivity index (χ1v) is 6.79. The monoisotopic (exact) mass is 279 g/mol. The Bertz CT molecular complexity index is 769. The highest BCUT2D eigenvalue weighted by Crippen LogP contribution is 2.29. The average Bonchev–Trinajstić information content (AvgIpc) is 2.53. The molecular formula is C17H17N3O. The molecule has 0 bridgehead atoms. The maximum absolute atomic E-state index is 5.19. The number of fused-ring (bicyclic) bond motifs is 1. The average molecular weight is 279 g/mol. The molecule has 2 aromatic carbocycles. The standard InChI is InChI=1S/C17H17N3O/c1-12-4-9-16-13(10-12)11-18-19-17(16)20(2)14-5-7-15(21-3)8-6-14/h4-11H,1-3H3. The summed E-state index contributed by atoms with van der Waals surface area (Å²) >= 11 is 0. The summed E-state index contributed by atoms with van der Waals surface area (Å²) in [4.78, 5) is 2.03. The first-order valence-electron chi connectivity index (χ1n) is 6.79. The Labute approximate surface area is 124 Å². The van der Waals surface area contributed by atoms with E-state index in [1.165, 1.54) is 5.56 Å². The zero-order chi connectivity index (χ0) is 14.8. The molecule has 0 fully saturated rings. The van der Waals surface area contributed by atoms with Crippen molar-refractivity contribution in [2.24, 2.45) is 0 Å². The van der Waals surface area contributed by atoms with Gasteiger partial charge in [0.15, 0.2) is 5.82 Å². The smallest absolute Gasteiger partial charge is 0.163 e. The number of ether oxygens (including phenoxy) is 1. The Hall–Kier alpha value is -2.62. The van der Waals surface area contributed by atoms with Crippen molar-refractivity contribution in [2.75, 3.05) is 19.1 Å². The predicted molar refractivity (Wildman–Crippen MR) is 85.3 cm³/mol. The lowest BCUT2D eigenvalue weighted by atomic mass is 10.1. The van der Waals surface area contributed by atoms with Crippen molar-refractivity contribution in [3.05, 3.63) is 54.2 Å². The van der Waals surface area contributed by atoms with Crippen LogP contribution in [0.15, 0.2) is 48.7 Å². The zero-order valence-electron chi connectivity index (χ0n) is 12.4. The number of aromatic nitrogens is 2. The van der Waals surface area contributed by atoms with Gasteiger partial charge in [0.25, 0.3) is 0 Å². The van der Waals surface area contributed by atoms with Crippen LogP contribution in [0.25, 0.3) is 10.8 Å². The molecule has 0 unspecified atom stereocenters. The van der Waals surface area contributed by atoms with Crippen LogP contribution < -0.4 is 9.64 Å². The molecule has 0 aliphatic carbocycles. The second-order valence-electron chi connectivity index (χ2n) is 5.02. The molecule has 0 N–H and O–H groups in total. The lowest BCUT2D eigenvalue weighted by Gasteiger charge is -2.19. The molecule has 0 aliphatic heterocycles. The van der Waals surface area contributed by atoms with Crippen LogP contribution in [0.4, 0.5) is 11.5 Å². The molecule has 1 heterocycles. The Balaban J connectivity index is 2.06. The van der Waals surface area contributed by atoms with Crippen LogP contribution in [0.1, 0.15) is 5.56 Å². The second kappa shape index (κ2) is 5.40. The van der Waals surface area contributed by atoms with Gasteiger partial charge in [-0.1, -0.05) is 17.7 Å². The number of rotatable bonds is 3. The van der Waals surface area contributed by atoms with Crippen molar-refractivity contribution in [3.63, 3.8) is 0 Å². The summed E-state index contributed by atoms with van der Waals surface area (Å²) in [5.74, 6) is 1.68. The Morgan fingerprint density at radius 1 is 1.05 bits per heavy atom. The summed E-state index contributed by atoms with van der Waals surface area (Å²) in [5, 5.41) is 10.6. The fraction of sp³-hybridized carbons (Fsp3) is 0.176. The molecule has 0 aliphatic rings. The van der Waals surface area contributed by atoms with Crippen molar-refractivity contribution in [2.45, 2.75) is 6.92 Å². The normalized spacial score (nSPS) is 10.6. The van der Waals surface area contributed by atoms with Crippen LogP contribution in [0.2, 0.25) is 0 Å². The van der Waals surface area contributed by atoms with Gasteiger partial charge in [-0.2, -0.15) is 5.10 Å². The second-order valence-corrected chi connectivity index (χ2v) is 5.02. The van der Waals surface area contributed by atoms with Crippen molar-refractivity contribution in [1.29, 1.82) is 0 Å². The fourth-order valence-electron chi connectivity index (χ4n) is 2.37. The molecule has 4 heteroatoms. The third-order valence-corrected chi connectivity index (χ3v) is 3.57. The van der Waals surface area contributed by atoms with Gasteiger partial charge < -0.3 is 9.64 Å². The van der Waals surface area contributed by atoms with Crippen molar-refractivity contribution >= 4 is 22.3 Å². The van der Waals surface area contributed by atoms with Gasteiger partial charge in [0, 0.05) is 23.5 Å². The first kappa shape index (κ1) is 13.4. The van der Waals surface area contributed by atoms with Crippen LogP contribution in [-0.2, 0) is 0 Å². The lowest BCUT2D eigenvalue weighted by Crippen LogP contribution is -2.12. The van der Waals surface area contributed by atoms with E-state index in [1.54, 1.807) is 13.3 Å². The molecule has 1 aromatic heterocycles. The van der Waals surface area contributed by atoms with Crippen LogP contribution in [0, 0.1) is 6.92 Å². The van der Waals surface area contributed by atoms with Crippen molar-refractivity contribution < 1.29 is 4.74 Å². The molecule has 0 amide bonds. The van der Waals surface area contributed by atoms with Gasteiger partial charge in [-0.3, -0.25) is 0 Å². The third kappa shape index (κ3) is 2.52. The topological polar surface area (TPSA) is 38.2 Å². The number of benzene rings is 2. The van der Waals surface area contributed by atoms with Crippen LogP contribution in [-0.4, -0.2) is 24.4 Å². The van der Waals surface area contributed by atoms with E-state index in [2.05, 4.69) is 35.3 Å². The van der Waals surface area contributed by atoms with Crippen molar-refractivity contribution in [3.8, 4) is 5.75 Å². The molecule has 0 atom stereocenters. The van der Waals surface area contributed by atoms with Crippen LogP contribution in [0.5, 0.6) is 5.75 Å². The van der Waals surface area contributed by atoms with E-state index in [-0.39, 0.29) is 0 Å². The highest BCUT2D eigenvalue weighted by atomic mass is 16.5. The quantitative estimate of drug-likeness (QED) is 0.732. The van der Waals surface area contributed by atoms with E-state index in [1.807, 2.05) is 36.2 Å². The van der Waals surface area contributed by atoms with E-state index in [0.717, 1.165) is 28.0 Å². The minimum absolute atomic E-state index is 0.840. The Kier molecular flexibility index (Phi) is 3.44. The summed E-state index contributed by atoms with van der Waals surface area (Å²) in [6.07, 6.45) is 1.80. The first-order chi connectivity index (χ1) is 10.2. The maximum Gasteiger partial charge on any atom is 0.163 e. The molecule has 0 saturated heterocycles. The Morgan fingerprint density at radius 2 is 1.81 bits per heavy atom. The Morgan fingerprint density at radius 3 is 2.52 bits per heavy atom. The number of aryl methyl sites for hydroxylation is 1. The highest BCUT2D eigenvalue weighted by molar-refractivity contribution is 5.93. The molecule has 3 rings (SSSR count). The maximum atomic E-state index is 5.19. The number of nitrogens with zero attached hydrogens (tertiary/aromatic N) is 3. The summed E-state index contributed by atoms with van der Waals surface area (Å²) < 4.78 is 5.19. The van der Waals surface area contributed by atoms with Gasteiger partial charge in [-0.05, 0) is 37.3 Å². The molecule has 0 saturated carbocycles. The van der Waals surface area contributed by atoms with E-state index in [0.29, 0.717) is 0 Å². The summed E-state index contributed by atoms with van der Waals surface area (Å²) in [6, 6.07) is 14.2. The lowest BCUT2D eigenvalue weighted by molar-refractivity contribution is 0.415. The van der Waals surface area contributed by atoms with Gasteiger partial charge in [-0.25, -0.2) is 0 Å². The van der Waals surface area contributed by atoms with E-state index >= 15 is 0 Å². The summed E-state index contributed by atoms with van der Waals surface area (Å²) in [6.45, 7) is 2.08. The zero-order valence-corrected chi connectivity index (χ0v) is 12.4. The van der Waals surface area contributed by atoms with Gasteiger partial charge in [-0.15, -0.1) is 5.10 Å². The van der Waals surface area contributed by atoms with E-state index < -0.39 is 0 Å². The van der Waals surface area contributed by atoms with E-state index in [9.17, 15) is 0 Å².